The molecule has 204 valence electrons. The molecule has 7 heteroatoms. The Kier molecular flexibility index (Phi) is 7.16. The van der Waals surface area contributed by atoms with Gasteiger partial charge in [-0.05, 0) is 94.7 Å². The average molecular weight is 520 g/mol. The first-order chi connectivity index (χ1) is 18.1. The number of hydrogen-bond donors (Lipinski definition) is 0. The van der Waals surface area contributed by atoms with E-state index in [1.54, 1.807) is 12.0 Å². The van der Waals surface area contributed by atoms with Crippen LogP contribution in [-0.4, -0.2) is 71.6 Å². The van der Waals surface area contributed by atoms with Gasteiger partial charge >= 0.3 is 6.09 Å². The molecule has 0 bridgehead atoms. The van der Waals surface area contributed by atoms with E-state index in [1.807, 2.05) is 32.9 Å². The first-order valence-corrected chi connectivity index (χ1v) is 13.9. The molecule has 1 atom stereocenters. The van der Waals surface area contributed by atoms with Gasteiger partial charge in [0.2, 0.25) is 5.91 Å². The Morgan fingerprint density at radius 2 is 1.58 bits per heavy atom. The van der Waals surface area contributed by atoms with Crippen molar-refractivity contribution in [3.8, 4) is 5.75 Å². The zero-order valence-electron chi connectivity index (χ0n) is 23.4. The second kappa shape index (κ2) is 10.3. The van der Waals surface area contributed by atoms with Crippen molar-refractivity contribution in [1.29, 1.82) is 0 Å². The summed E-state index contributed by atoms with van der Waals surface area (Å²) in [5, 5.41) is 0. The summed E-state index contributed by atoms with van der Waals surface area (Å²) in [5.74, 6) is 1.69. The Balaban J connectivity index is 1.37. The maximum absolute atomic E-state index is 14.2. The highest BCUT2D eigenvalue weighted by Gasteiger charge is 2.57. The fourth-order valence-electron chi connectivity index (χ4n) is 5.95. The van der Waals surface area contributed by atoms with Crippen molar-refractivity contribution in [1.82, 2.24) is 14.7 Å². The molecular formula is C31H41N3O4. The maximum Gasteiger partial charge on any atom is 0.410 e. The van der Waals surface area contributed by atoms with E-state index in [4.69, 9.17) is 9.47 Å². The number of likely N-dealkylation sites (tertiary alicyclic amines) is 1. The van der Waals surface area contributed by atoms with E-state index in [2.05, 4.69) is 53.2 Å². The molecule has 7 nitrogen and oxygen atoms in total. The molecular weight excluding hydrogens is 478 g/mol. The quantitative estimate of drug-likeness (QED) is 0.514. The number of likely N-dealkylation sites (N-methyl/N-ethyl adjacent to an activating group) is 1. The lowest BCUT2D eigenvalue weighted by molar-refractivity contribution is -0.135. The van der Waals surface area contributed by atoms with Gasteiger partial charge in [0, 0.05) is 19.6 Å². The summed E-state index contributed by atoms with van der Waals surface area (Å²) in [7, 11) is 3.74. The molecule has 38 heavy (non-hydrogen) atoms. The normalized spacial score (nSPS) is 21.7. The molecule has 2 amide bonds. The van der Waals surface area contributed by atoms with E-state index in [9.17, 15) is 9.59 Å². The minimum atomic E-state index is -0.627. The highest BCUT2D eigenvalue weighted by Crippen LogP contribution is 2.46. The largest absolute Gasteiger partial charge is 0.497 e. The van der Waals surface area contributed by atoms with Crippen LogP contribution in [0.4, 0.5) is 4.79 Å². The van der Waals surface area contributed by atoms with Gasteiger partial charge in [-0.1, -0.05) is 36.4 Å². The predicted molar refractivity (Wildman–Crippen MR) is 147 cm³/mol. The molecule has 0 N–H and O–H groups in total. The van der Waals surface area contributed by atoms with E-state index in [1.165, 1.54) is 24.0 Å². The van der Waals surface area contributed by atoms with E-state index in [0.29, 0.717) is 38.4 Å². The van der Waals surface area contributed by atoms with Crippen molar-refractivity contribution < 1.29 is 19.1 Å². The van der Waals surface area contributed by atoms with Crippen LogP contribution in [-0.2, 0) is 16.0 Å². The maximum atomic E-state index is 14.2. The fourth-order valence-corrected chi connectivity index (χ4v) is 5.95. The van der Waals surface area contributed by atoms with Gasteiger partial charge in [-0.3, -0.25) is 9.69 Å². The van der Waals surface area contributed by atoms with Crippen LogP contribution < -0.4 is 4.74 Å². The van der Waals surface area contributed by atoms with Crippen LogP contribution in [0.3, 0.4) is 0 Å². The number of piperidine rings is 1. The third-order valence-electron chi connectivity index (χ3n) is 8.32. The van der Waals surface area contributed by atoms with Gasteiger partial charge in [0.05, 0.1) is 7.11 Å². The number of hydrogen-bond acceptors (Lipinski definition) is 5. The fraction of sp³-hybridized carbons (Fsp3) is 0.548. The van der Waals surface area contributed by atoms with E-state index in [-0.39, 0.29) is 18.2 Å². The van der Waals surface area contributed by atoms with Gasteiger partial charge in [0.15, 0.2) is 0 Å². The van der Waals surface area contributed by atoms with Crippen molar-refractivity contribution >= 4 is 12.0 Å². The van der Waals surface area contributed by atoms with Crippen LogP contribution in [0.25, 0.3) is 0 Å². The van der Waals surface area contributed by atoms with Crippen LogP contribution in [0.1, 0.15) is 75.2 Å². The van der Waals surface area contributed by atoms with Gasteiger partial charge < -0.3 is 19.3 Å². The van der Waals surface area contributed by atoms with Crippen LogP contribution in [0, 0.1) is 0 Å². The van der Waals surface area contributed by atoms with Crippen LogP contribution in [0.5, 0.6) is 5.75 Å². The molecule has 1 unspecified atom stereocenters. The van der Waals surface area contributed by atoms with E-state index in [0.717, 1.165) is 17.7 Å². The lowest BCUT2D eigenvalue weighted by Gasteiger charge is -2.42. The van der Waals surface area contributed by atoms with E-state index >= 15 is 0 Å². The van der Waals surface area contributed by atoms with Gasteiger partial charge in [-0.15, -0.1) is 0 Å². The molecule has 2 heterocycles. The highest BCUT2D eigenvalue weighted by molar-refractivity contribution is 5.89. The summed E-state index contributed by atoms with van der Waals surface area (Å²) in [6, 6.07) is 17.0. The molecule has 3 aliphatic rings. The second-order valence-electron chi connectivity index (χ2n) is 12.0. The molecule has 2 saturated heterocycles. The van der Waals surface area contributed by atoms with E-state index < -0.39 is 11.1 Å². The summed E-state index contributed by atoms with van der Waals surface area (Å²) >= 11 is 0. The monoisotopic (exact) mass is 519 g/mol. The zero-order chi connectivity index (χ0) is 27.1. The SMILES string of the molecule is COc1ccc(CCN2C(=O)C3(CCN(C(=O)OC(C)(C)C)CC3)N(C)C2c2ccc(C3CC3)cc2)cc1. The number of amides is 2. The van der Waals surface area contributed by atoms with Crippen LogP contribution in [0.15, 0.2) is 48.5 Å². The first-order valence-electron chi connectivity index (χ1n) is 13.9. The van der Waals surface area contributed by atoms with Gasteiger partial charge in [-0.2, -0.15) is 0 Å². The molecule has 2 aromatic rings. The van der Waals surface area contributed by atoms with Crippen molar-refractivity contribution in [3.63, 3.8) is 0 Å². The predicted octanol–water partition coefficient (Wildman–Crippen LogP) is 5.36. The molecule has 2 aliphatic heterocycles. The number of nitrogens with zero attached hydrogens (tertiary/aromatic N) is 3. The number of benzene rings is 2. The third kappa shape index (κ3) is 5.26. The summed E-state index contributed by atoms with van der Waals surface area (Å²) in [4.78, 5) is 33.0. The van der Waals surface area contributed by atoms with Crippen LogP contribution >= 0.6 is 0 Å². The summed E-state index contributed by atoms with van der Waals surface area (Å²) in [6.07, 6.45) is 4.05. The van der Waals surface area contributed by atoms with Gasteiger partial charge in [0.25, 0.3) is 0 Å². The number of carbonyl (C=O) groups is 2. The zero-order valence-corrected chi connectivity index (χ0v) is 23.4. The molecule has 1 spiro atoms. The third-order valence-corrected chi connectivity index (χ3v) is 8.32. The average Bonchev–Trinajstić information content (AvgIpc) is 3.73. The Morgan fingerprint density at radius 1 is 0.974 bits per heavy atom. The molecule has 5 rings (SSSR count). The lowest BCUT2D eigenvalue weighted by Crippen LogP contribution is -2.56. The Labute approximate surface area is 226 Å². The number of methoxy groups -OCH3 is 1. The van der Waals surface area contributed by atoms with Crippen LogP contribution in [0.2, 0.25) is 0 Å². The topological polar surface area (TPSA) is 62.3 Å². The Hall–Kier alpha value is -3.06. The molecule has 0 radical (unpaired) electrons. The molecule has 1 aliphatic carbocycles. The van der Waals surface area contributed by atoms with Crippen molar-refractivity contribution in [2.75, 3.05) is 33.8 Å². The van der Waals surface area contributed by atoms with Gasteiger partial charge in [-0.25, -0.2) is 4.79 Å². The summed E-state index contributed by atoms with van der Waals surface area (Å²) < 4.78 is 10.9. The number of rotatable bonds is 6. The standard InChI is InChI=1S/C31H41N3O4/c1-30(2,3)38-29(36)33-20-17-31(18-21-33)28(35)34(19-16-22-6-14-26(37-5)15-7-22)27(32(31)4)25-12-10-24(11-13-25)23-8-9-23/h6-7,10-15,23,27H,8-9,16-21H2,1-5H3. The first kappa shape index (κ1) is 26.5. The Morgan fingerprint density at radius 3 is 2.13 bits per heavy atom. The van der Waals surface area contributed by atoms with Crippen molar-refractivity contribution in [2.24, 2.45) is 0 Å². The lowest BCUT2D eigenvalue weighted by atomic mass is 9.86. The second-order valence-corrected chi connectivity index (χ2v) is 12.0. The molecule has 1 saturated carbocycles. The highest BCUT2D eigenvalue weighted by atomic mass is 16.6. The number of carbonyl (C=O) groups excluding carboxylic acids is 2. The minimum absolute atomic E-state index is 0.137. The smallest absolute Gasteiger partial charge is 0.410 e. The van der Waals surface area contributed by atoms with Gasteiger partial charge in [0.1, 0.15) is 23.1 Å². The van der Waals surface area contributed by atoms with Crippen molar-refractivity contribution in [3.05, 3.63) is 65.2 Å². The molecule has 0 aromatic heterocycles. The summed E-state index contributed by atoms with van der Waals surface area (Å²) in [6.45, 7) is 7.27. The minimum Gasteiger partial charge on any atom is -0.497 e. The molecule has 2 aromatic carbocycles. The summed E-state index contributed by atoms with van der Waals surface area (Å²) in [5.41, 5.74) is 2.54. The van der Waals surface area contributed by atoms with Crippen molar-refractivity contribution in [2.45, 2.75) is 76.1 Å². The Bertz CT molecular complexity index is 1140. The molecule has 3 fully saturated rings. The number of ether oxygens (including phenoxy) is 2.